The van der Waals surface area contributed by atoms with Crippen LogP contribution >= 0.6 is 15.9 Å². The lowest BCUT2D eigenvalue weighted by molar-refractivity contribution is 0.209. The Kier molecular flexibility index (Phi) is 6.66. The molecule has 4 heteroatoms. The van der Waals surface area contributed by atoms with Crippen molar-refractivity contribution in [2.45, 2.75) is 19.8 Å². The molecule has 1 N–H and O–H groups in total. The predicted molar refractivity (Wildman–Crippen MR) is 98.8 cm³/mol. The average Bonchev–Trinajstić information content (AvgIpc) is 2.54. The Bertz CT molecular complexity index is 640. The third-order valence-electron chi connectivity index (χ3n) is 3.77. The zero-order valence-electron chi connectivity index (χ0n) is 13.7. The summed E-state index contributed by atoms with van der Waals surface area (Å²) < 4.78 is 1.07. The van der Waals surface area contributed by atoms with Crippen molar-refractivity contribution in [3.8, 4) is 0 Å². The lowest BCUT2D eigenvalue weighted by Crippen LogP contribution is -2.39. The highest BCUT2D eigenvalue weighted by Crippen LogP contribution is 2.11. The van der Waals surface area contributed by atoms with E-state index >= 15 is 0 Å². The molecule has 3 nitrogen and oxygen atoms in total. The SMILES string of the molecule is Cc1cccc(CCNC(=O)N(C)CCc2ccc(Br)cc2)c1. The molecular weight excluding hydrogens is 352 g/mol. The molecule has 0 fully saturated rings. The molecule has 2 rings (SSSR count). The number of amides is 2. The Balaban J connectivity index is 1.71. The van der Waals surface area contributed by atoms with Crippen molar-refractivity contribution < 1.29 is 4.79 Å². The van der Waals surface area contributed by atoms with E-state index in [4.69, 9.17) is 0 Å². The Labute approximate surface area is 146 Å². The normalized spacial score (nSPS) is 10.4. The van der Waals surface area contributed by atoms with E-state index in [1.165, 1.54) is 16.7 Å². The molecule has 122 valence electrons. The molecule has 0 bridgehead atoms. The van der Waals surface area contributed by atoms with E-state index in [2.05, 4.69) is 64.6 Å². The van der Waals surface area contributed by atoms with Gasteiger partial charge >= 0.3 is 6.03 Å². The second-order valence-corrected chi connectivity index (χ2v) is 6.68. The lowest BCUT2D eigenvalue weighted by atomic mass is 10.1. The molecule has 2 aromatic rings. The molecule has 2 aromatic carbocycles. The molecule has 0 aliphatic heterocycles. The first kappa shape index (κ1) is 17.5. The van der Waals surface area contributed by atoms with Gasteiger partial charge in [0.2, 0.25) is 0 Å². The summed E-state index contributed by atoms with van der Waals surface area (Å²) in [5.74, 6) is 0. The smallest absolute Gasteiger partial charge is 0.317 e. The molecule has 0 saturated heterocycles. The van der Waals surface area contributed by atoms with Crippen LogP contribution in [0.4, 0.5) is 4.79 Å². The second-order valence-electron chi connectivity index (χ2n) is 5.77. The Morgan fingerprint density at radius 1 is 1.09 bits per heavy atom. The summed E-state index contributed by atoms with van der Waals surface area (Å²) in [5.41, 5.74) is 3.73. The molecule has 0 aromatic heterocycles. The molecule has 23 heavy (non-hydrogen) atoms. The van der Waals surface area contributed by atoms with Gasteiger partial charge in [0.25, 0.3) is 0 Å². The fourth-order valence-electron chi connectivity index (χ4n) is 2.37. The van der Waals surface area contributed by atoms with Crippen molar-refractivity contribution in [2.75, 3.05) is 20.1 Å². The van der Waals surface area contributed by atoms with Crippen molar-refractivity contribution in [3.05, 3.63) is 69.7 Å². The monoisotopic (exact) mass is 374 g/mol. The molecule has 0 aliphatic carbocycles. The van der Waals surface area contributed by atoms with Gasteiger partial charge in [-0.05, 0) is 43.0 Å². The van der Waals surface area contributed by atoms with Crippen LogP contribution in [0.2, 0.25) is 0 Å². The number of rotatable bonds is 6. The van der Waals surface area contributed by atoms with Gasteiger partial charge in [0.1, 0.15) is 0 Å². The highest BCUT2D eigenvalue weighted by Gasteiger charge is 2.07. The van der Waals surface area contributed by atoms with Crippen LogP contribution < -0.4 is 5.32 Å². The average molecular weight is 375 g/mol. The number of likely N-dealkylation sites (N-methyl/N-ethyl adjacent to an activating group) is 1. The number of hydrogen-bond acceptors (Lipinski definition) is 1. The van der Waals surface area contributed by atoms with E-state index in [0.29, 0.717) is 13.1 Å². The van der Waals surface area contributed by atoms with Crippen molar-refractivity contribution in [1.82, 2.24) is 10.2 Å². The van der Waals surface area contributed by atoms with E-state index in [1.807, 2.05) is 19.2 Å². The van der Waals surface area contributed by atoms with Crippen LogP contribution in [0.1, 0.15) is 16.7 Å². The minimum Gasteiger partial charge on any atom is -0.338 e. The number of nitrogens with zero attached hydrogens (tertiary/aromatic N) is 1. The van der Waals surface area contributed by atoms with Gasteiger partial charge in [-0.3, -0.25) is 0 Å². The first-order valence-corrected chi connectivity index (χ1v) is 8.63. The number of aryl methyl sites for hydroxylation is 1. The summed E-state index contributed by atoms with van der Waals surface area (Å²) in [4.78, 5) is 13.8. The predicted octanol–water partition coefficient (Wildman–Crippen LogP) is 4.18. The van der Waals surface area contributed by atoms with Gasteiger partial charge < -0.3 is 10.2 Å². The van der Waals surface area contributed by atoms with E-state index in [9.17, 15) is 4.79 Å². The Morgan fingerprint density at radius 2 is 1.83 bits per heavy atom. The minimum absolute atomic E-state index is 0.0187. The van der Waals surface area contributed by atoms with Crippen LogP contribution in [0.25, 0.3) is 0 Å². The van der Waals surface area contributed by atoms with Crippen molar-refractivity contribution in [2.24, 2.45) is 0 Å². The number of carbonyl (C=O) groups excluding carboxylic acids is 1. The van der Waals surface area contributed by atoms with E-state index in [1.54, 1.807) is 4.90 Å². The summed E-state index contributed by atoms with van der Waals surface area (Å²) in [6.45, 7) is 3.45. The summed E-state index contributed by atoms with van der Waals surface area (Å²) in [6.07, 6.45) is 1.71. The van der Waals surface area contributed by atoms with Gasteiger partial charge in [0.15, 0.2) is 0 Å². The Morgan fingerprint density at radius 3 is 2.52 bits per heavy atom. The number of urea groups is 1. The van der Waals surface area contributed by atoms with Crippen molar-refractivity contribution in [3.63, 3.8) is 0 Å². The molecule has 0 radical (unpaired) electrons. The second kappa shape index (κ2) is 8.73. The maximum Gasteiger partial charge on any atom is 0.317 e. The van der Waals surface area contributed by atoms with Crippen LogP contribution in [0.5, 0.6) is 0 Å². The minimum atomic E-state index is -0.0187. The van der Waals surface area contributed by atoms with Gasteiger partial charge in [-0.25, -0.2) is 4.79 Å². The van der Waals surface area contributed by atoms with Crippen molar-refractivity contribution in [1.29, 1.82) is 0 Å². The van der Waals surface area contributed by atoms with Gasteiger partial charge in [-0.1, -0.05) is 57.9 Å². The maximum atomic E-state index is 12.1. The zero-order chi connectivity index (χ0) is 16.7. The first-order valence-electron chi connectivity index (χ1n) is 7.83. The van der Waals surface area contributed by atoms with E-state index in [0.717, 1.165) is 17.3 Å². The highest BCUT2D eigenvalue weighted by molar-refractivity contribution is 9.10. The summed E-state index contributed by atoms with van der Waals surface area (Å²) in [6, 6.07) is 16.6. The largest absolute Gasteiger partial charge is 0.338 e. The van der Waals surface area contributed by atoms with E-state index < -0.39 is 0 Å². The number of nitrogens with one attached hydrogen (secondary N) is 1. The molecule has 2 amide bonds. The molecule has 0 unspecified atom stereocenters. The fraction of sp³-hybridized carbons (Fsp3) is 0.316. The van der Waals surface area contributed by atoms with Crippen LogP contribution in [0, 0.1) is 6.92 Å². The van der Waals surface area contributed by atoms with Crippen molar-refractivity contribution >= 4 is 22.0 Å². The zero-order valence-corrected chi connectivity index (χ0v) is 15.3. The standard InChI is InChI=1S/C19H23BrN2O/c1-15-4-3-5-17(14-15)10-12-21-19(23)22(2)13-11-16-6-8-18(20)9-7-16/h3-9,14H,10-13H2,1-2H3,(H,21,23). The van der Waals surface area contributed by atoms with Gasteiger partial charge in [-0.2, -0.15) is 0 Å². The summed E-state index contributed by atoms with van der Waals surface area (Å²) in [7, 11) is 1.83. The summed E-state index contributed by atoms with van der Waals surface area (Å²) >= 11 is 3.43. The topological polar surface area (TPSA) is 32.3 Å². The Hall–Kier alpha value is -1.81. The van der Waals surface area contributed by atoms with Crippen LogP contribution in [0.15, 0.2) is 53.0 Å². The molecule has 0 atom stereocenters. The van der Waals surface area contributed by atoms with Gasteiger partial charge in [-0.15, -0.1) is 0 Å². The third-order valence-corrected chi connectivity index (χ3v) is 4.30. The summed E-state index contributed by atoms with van der Waals surface area (Å²) in [5, 5.41) is 2.98. The number of halogens is 1. The number of benzene rings is 2. The molecule has 0 saturated carbocycles. The van der Waals surface area contributed by atoms with Crippen LogP contribution in [-0.4, -0.2) is 31.1 Å². The number of carbonyl (C=O) groups is 1. The first-order chi connectivity index (χ1) is 11.0. The highest BCUT2D eigenvalue weighted by atomic mass is 79.9. The lowest BCUT2D eigenvalue weighted by Gasteiger charge is -2.18. The van der Waals surface area contributed by atoms with Gasteiger partial charge in [0, 0.05) is 24.6 Å². The maximum absolute atomic E-state index is 12.1. The van der Waals surface area contributed by atoms with E-state index in [-0.39, 0.29) is 6.03 Å². The van der Waals surface area contributed by atoms with Gasteiger partial charge in [0.05, 0.1) is 0 Å². The van der Waals surface area contributed by atoms with Crippen LogP contribution in [0.3, 0.4) is 0 Å². The molecule has 0 spiro atoms. The number of hydrogen-bond donors (Lipinski definition) is 1. The third kappa shape index (κ3) is 6.06. The molecular formula is C19H23BrN2O. The molecule has 0 aliphatic rings. The fourth-order valence-corrected chi connectivity index (χ4v) is 2.63. The van der Waals surface area contributed by atoms with Crippen LogP contribution in [-0.2, 0) is 12.8 Å². The molecule has 0 heterocycles. The quantitative estimate of drug-likeness (QED) is 0.807.